The summed E-state index contributed by atoms with van der Waals surface area (Å²) in [5.74, 6) is -0.591. The lowest BCUT2D eigenvalue weighted by Crippen LogP contribution is -2.54. The van der Waals surface area contributed by atoms with E-state index < -0.39 is 23.8 Å². The molecule has 1 atom stereocenters. The van der Waals surface area contributed by atoms with Crippen molar-refractivity contribution in [1.29, 1.82) is 0 Å². The third kappa shape index (κ3) is 5.13. The summed E-state index contributed by atoms with van der Waals surface area (Å²) in [5, 5.41) is 0. The van der Waals surface area contributed by atoms with E-state index in [9.17, 15) is 13.6 Å². The van der Waals surface area contributed by atoms with E-state index in [1.807, 2.05) is 65.2 Å². The first-order chi connectivity index (χ1) is 17.5. The van der Waals surface area contributed by atoms with Gasteiger partial charge in [0.05, 0.1) is 11.7 Å². The van der Waals surface area contributed by atoms with E-state index in [1.165, 1.54) is 0 Å². The first-order valence-corrected chi connectivity index (χ1v) is 11.8. The van der Waals surface area contributed by atoms with Crippen LogP contribution < -0.4 is 5.73 Å². The number of nitrogens with two attached hydrogens (primary N) is 1. The summed E-state index contributed by atoms with van der Waals surface area (Å²) >= 11 is 0. The van der Waals surface area contributed by atoms with Crippen LogP contribution in [0, 0.1) is 17.6 Å². The SMILES string of the molecule is N[C@@H](c1nc(-c2cc(F)ccc2F)cn1Cc1ccccc1)C1CN(C(=O)OCc2ccccc2)C1. The number of halogens is 2. The first-order valence-electron chi connectivity index (χ1n) is 11.8. The van der Waals surface area contributed by atoms with Gasteiger partial charge in [0.2, 0.25) is 0 Å². The van der Waals surface area contributed by atoms with Gasteiger partial charge in [-0.3, -0.25) is 0 Å². The van der Waals surface area contributed by atoms with Crippen molar-refractivity contribution in [2.24, 2.45) is 11.7 Å². The third-order valence-electron chi connectivity index (χ3n) is 6.39. The van der Waals surface area contributed by atoms with Crippen LogP contribution in [0.5, 0.6) is 0 Å². The Morgan fingerprint density at radius 1 is 1.00 bits per heavy atom. The molecule has 8 heteroatoms. The van der Waals surface area contributed by atoms with Crippen LogP contribution in [0.4, 0.5) is 13.6 Å². The second-order valence-electron chi connectivity index (χ2n) is 8.95. The van der Waals surface area contributed by atoms with Gasteiger partial charge in [-0.05, 0) is 29.3 Å². The van der Waals surface area contributed by atoms with Gasteiger partial charge in [-0.15, -0.1) is 0 Å². The Kier molecular flexibility index (Phi) is 6.77. The van der Waals surface area contributed by atoms with Crippen molar-refractivity contribution >= 4 is 6.09 Å². The van der Waals surface area contributed by atoms with Gasteiger partial charge in [-0.1, -0.05) is 60.7 Å². The zero-order chi connectivity index (χ0) is 25.1. The smallest absolute Gasteiger partial charge is 0.410 e. The monoisotopic (exact) mass is 488 g/mol. The van der Waals surface area contributed by atoms with Crippen molar-refractivity contribution in [2.75, 3.05) is 13.1 Å². The number of aromatic nitrogens is 2. The molecule has 0 unspecified atom stereocenters. The summed E-state index contributed by atoms with van der Waals surface area (Å²) in [6.45, 7) is 1.54. The van der Waals surface area contributed by atoms with E-state index in [2.05, 4.69) is 4.98 Å². The van der Waals surface area contributed by atoms with Crippen LogP contribution in [0.25, 0.3) is 11.3 Å². The molecule has 184 valence electrons. The van der Waals surface area contributed by atoms with Crippen molar-refractivity contribution in [2.45, 2.75) is 19.2 Å². The number of ether oxygens (including phenoxy) is 1. The fourth-order valence-corrected chi connectivity index (χ4v) is 4.34. The average Bonchev–Trinajstić information content (AvgIpc) is 3.28. The molecule has 1 saturated heterocycles. The average molecular weight is 489 g/mol. The molecule has 0 radical (unpaired) electrons. The van der Waals surface area contributed by atoms with Crippen molar-refractivity contribution in [3.63, 3.8) is 0 Å². The van der Waals surface area contributed by atoms with Gasteiger partial charge in [0.25, 0.3) is 0 Å². The molecule has 5 rings (SSSR count). The van der Waals surface area contributed by atoms with Crippen molar-refractivity contribution < 1.29 is 18.3 Å². The van der Waals surface area contributed by atoms with Crippen LogP contribution in [0.1, 0.15) is 23.0 Å². The minimum Gasteiger partial charge on any atom is -0.445 e. The lowest BCUT2D eigenvalue weighted by molar-refractivity contribution is 0.0407. The number of rotatable bonds is 7. The van der Waals surface area contributed by atoms with Crippen molar-refractivity contribution in [1.82, 2.24) is 14.5 Å². The largest absolute Gasteiger partial charge is 0.445 e. The lowest BCUT2D eigenvalue weighted by atomic mass is 9.92. The molecule has 2 heterocycles. The van der Waals surface area contributed by atoms with E-state index in [1.54, 1.807) is 11.1 Å². The van der Waals surface area contributed by atoms with Crippen LogP contribution in [0.2, 0.25) is 0 Å². The quantitative estimate of drug-likeness (QED) is 0.391. The van der Waals surface area contributed by atoms with Gasteiger partial charge in [0, 0.05) is 37.3 Å². The molecule has 1 aliphatic rings. The van der Waals surface area contributed by atoms with Crippen LogP contribution >= 0.6 is 0 Å². The molecule has 0 spiro atoms. The van der Waals surface area contributed by atoms with E-state index in [4.69, 9.17) is 10.5 Å². The highest BCUT2D eigenvalue weighted by atomic mass is 19.1. The highest BCUT2D eigenvalue weighted by molar-refractivity contribution is 5.68. The Bertz CT molecular complexity index is 1340. The van der Waals surface area contributed by atoms with Gasteiger partial charge in [0.1, 0.15) is 24.1 Å². The minimum absolute atomic E-state index is 0.0450. The zero-order valence-electron chi connectivity index (χ0n) is 19.6. The van der Waals surface area contributed by atoms with Gasteiger partial charge in [-0.2, -0.15) is 0 Å². The number of hydrogen-bond acceptors (Lipinski definition) is 4. The Labute approximate surface area is 207 Å². The number of benzene rings is 3. The fourth-order valence-electron chi connectivity index (χ4n) is 4.34. The normalized spacial score (nSPS) is 14.4. The predicted molar refractivity (Wildman–Crippen MR) is 132 cm³/mol. The van der Waals surface area contributed by atoms with E-state index >= 15 is 0 Å². The number of nitrogens with zero attached hydrogens (tertiary/aromatic N) is 3. The highest BCUT2D eigenvalue weighted by Gasteiger charge is 2.38. The summed E-state index contributed by atoms with van der Waals surface area (Å²) in [6, 6.07) is 22.0. The molecular formula is C28H26F2N4O2. The molecule has 1 aliphatic heterocycles. The van der Waals surface area contributed by atoms with Crippen LogP contribution in [0.15, 0.2) is 85.1 Å². The van der Waals surface area contributed by atoms with Crippen LogP contribution in [-0.4, -0.2) is 33.6 Å². The molecule has 1 amide bonds. The van der Waals surface area contributed by atoms with Gasteiger partial charge in [0.15, 0.2) is 0 Å². The van der Waals surface area contributed by atoms with Gasteiger partial charge >= 0.3 is 6.09 Å². The van der Waals surface area contributed by atoms with Crippen molar-refractivity contribution in [3.8, 4) is 11.3 Å². The summed E-state index contributed by atoms with van der Waals surface area (Å²) in [7, 11) is 0. The number of likely N-dealkylation sites (tertiary alicyclic amines) is 1. The molecule has 6 nitrogen and oxygen atoms in total. The maximum absolute atomic E-state index is 14.5. The second-order valence-corrected chi connectivity index (χ2v) is 8.95. The number of carbonyl (C=O) groups excluding carboxylic acids is 1. The lowest BCUT2D eigenvalue weighted by Gasteiger charge is -2.41. The van der Waals surface area contributed by atoms with E-state index in [-0.39, 0.29) is 18.1 Å². The molecule has 36 heavy (non-hydrogen) atoms. The first kappa shape index (κ1) is 23.7. The second kappa shape index (κ2) is 10.3. The molecule has 2 N–H and O–H groups in total. The maximum Gasteiger partial charge on any atom is 0.410 e. The number of hydrogen-bond donors (Lipinski definition) is 1. The maximum atomic E-state index is 14.5. The third-order valence-corrected chi connectivity index (χ3v) is 6.39. The Balaban J connectivity index is 1.32. The number of amides is 1. The summed E-state index contributed by atoms with van der Waals surface area (Å²) < 4.78 is 35.6. The molecule has 1 aromatic heterocycles. The fraction of sp³-hybridized carbons (Fsp3) is 0.214. The predicted octanol–water partition coefficient (Wildman–Crippen LogP) is 5.15. The van der Waals surface area contributed by atoms with Crippen molar-refractivity contribution in [3.05, 3.63) is 114 Å². The van der Waals surface area contributed by atoms with E-state index in [0.717, 1.165) is 29.3 Å². The molecule has 1 fully saturated rings. The Hall–Kier alpha value is -4.04. The Morgan fingerprint density at radius 3 is 2.36 bits per heavy atom. The summed E-state index contributed by atoms with van der Waals surface area (Å²) in [4.78, 5) is 18.7. The number of carbonyl (C=O) groups is 1. The van der Waals surface area contributed by atoms with Gasteiger partial charge < -0.3 is 19.9 Å². The molecule has 3 aromatic carbocycles. The topological polar surface area (TPSA) is 73.4 Å². The Morgan fingerprint density at radius 2 is 1.67 bits per heavy atom. The van der Waals surface area contributed by atoms with Gasteiger partial charge in [-0.25, -0.2) is 18.6 Å². The van der Waals surface area contributed by atoms with Crippen LogP contribution in [0.3, 0.4) is 0 Å². The molecule has 0 aliphatic carbocycles. The standard InChI is InChI=1S/C28H26F2N4O2/c29-22-11-12-24(30)23(13-22)25-17-33(14-19-7-3-1-4-8-19)27(32-25)26(31)21-15-34(16-21)28(35)36-18-20-9-5-2-6-10-20/h1-13,17,21,26H,14-16,18,31H2/t26-/m1/s1. The molecular weight excluding hydrogens is 462 g/mol. The van der Waals surface area contributed by atoms with Crippen LogP contribution in [-0.2, 0) is 17.9 Å². The summed E-state index contributed by atoms with van der Waals surface area (Å²) in [5.41, 5.74) is 8.94. The number of imidazole rings is 1. The molecule has 4 aromatic rings. The minimum atomic E-state index is -0.558. The van der Waals surface area contributed by atoms with E-state index in [0.29, 0.717) is 31.2 Å². The highest BCUT2D eigenvalue weighted by Crippen LogP contribution is 2.31. The molecule has 0 bridgehead atoms. The summed E-state index contributed by atoms with van der Waals surface area (Å²) in [6.07, 6.45) is 1.31. The zero-order valence-corrected chi connectivity index (χ0v) is 19.6. The molecule has 0 saturated carbocycles.